The van der Waals surface area contributed by atoms with E-state index in [1.165, 1.54) is 0 Å². The Hall–Kier alpha value is -1.78. The fourth-order valence-electron chi connectivity index (χ4n) is 1.67. The largest absolute Gasteiger partial charge is 0.488 e. The second-order valence-electron chi connectivity index (χ2n) is 4.42. The molecule has 1 unspecified atom stereocenters. The van der Waals surface area contributed by atoms with Crippen molar-refractivity contribution in [3.63, 3.8) is 0 Å². The Morgan fingerprint density at radius 2 is 2.24 bits per heavy atom. The van der Waals surface area contributed by atoms with Crippen molar-refractivity contribution in [3.05, 3.63) is 24.0 Å². The Morgan fingerprint density at radius 3 is 2.82 bits per heavy atom. The predicted octanol–water partition coefficient (Wildman–Crippen LogP) is 1.99. The van der Waals surface area contributed by atoms with Gasteiger partial charge in [0, 0.05) is 6.20 Å². The Morgan fingerprint density at radius 1 is 1.53 bits per heavy atom. The van der Waals surface area contributed by atoms with Crippen LogP contribution in [-0.4, -0.2) is 22.1 Å². The maximum atomic E-state index is 8.68. The minimum Gasteiger partial charge on any atom is -0.488 e. The molecule has 3 N–H and O–H groups in total. The van der Waals surface area contributed by atoms with Gasteiger partial charge in [-0.2, -0.15) is 0 Å². The molecule has 1 atom stereocenters. The first-order chi connectivity index (χ1) is 8.04. The van der Waals surface area contributed by atoms with Gasteiger partial charge in [-0.1, -0.05) is 19.0 Å². The Labute approximate surface area is 101 Å². The van der Waals surface area contributed by atoms with Crippen LogP contribution in [0.5, 0.6) is 5.75 Å². The van der Waals surface area contributed by atoms with E-state index in [4.69, 9.17) is 15.7 Å². The molecule has 0 aromatic carbocycles. The average molecular weight is 237 g/mol. The van der Waals surface area contributed by atoms with Crippen LogP contribution in [0.25, 0.3) is 0 Å². The number of hydrogen-bond acceptors (Lipinski definition) is 4. The molecule has 17 heavy (non-hydrogen) atoms. The van der Waals surface area contributed by atoms with Gasteiger partial charge < -0.3 is 15.7 Å². The molecule has 1 aromatic heterocycles. The van der Waals surface area contributed by atoms with Crippen molar-refractivity contribution in [2.24, 2.45) is 16.8 Å². The lowest BCUT2D eigenvalue weighted by Crippen LogP contribution is -2.19. The van der Waals surface area contributed by atoms with Gasteiger partial charge in [-0.25, -0.2) is 0 Å². The first-order valence-corrected chi connectivity index (χ1v) is 5.63. The molecule has 0 spiro atoms. The predicted molar refractivity (Wildman–Crippen MR) is 66.3 cm³/mol. The molecule has 0 aliphatic rings. The number of pyridine rings is 1. The Bertz CT molecular complexity index is 391. The van der Waals surface area contributed by atoms with Gasteiger partial charge in [-0.15, -0.1) is 0 Å². The average Bonchev–Trinajstić information content (AvgIpc) is 2.27. The molecule has 1 aromatic rings. The van der Waals surface area contributed by atoms with Crippen molar-refractivity contribution in [2.45, 2.75) is 33.3 Å². The second kappa shape index (κ2) is 6.08. The summed E-state index contributed by atoms with van der Waals surface area (Å²) in [5.41, 5.74) is 6.12. The van der Waals surface area contributed by atoms with Crippen LogP contribution in [0.1, 0.15) is 32.8 Å². The van der Waals surface area contributed by atoms with Gasteiger partial charge in [0.25, 0.3) is 0 Å². The fourth-order valence-corrected chi connectivity index (χ4v) is 1.67. The van der Waals surface area contributed by atoms with Crippen molar-refractivity contribution in [1.82, 2.24) is 4.98 Å². The summed E-state index contributed by atoms with van der Waals surface area (Å²) in [5.74, 6) is 1.11. The molecular weight excluding hydrogens is 218 g/mol. The quantitative estimate of drug-likeness (QED) is 0.355. The van der Waals surface area contributed by atoms with Crippen LogP contribution in [0, 0.1) is 5.92 Å². The van der Waals surface area contributed by atoms with Gasteiger partial charge in [0.1, 0.15) is 5.75 Å². The monoisotopic (exact) mass is 237 g/mol. The lowest BCUT2D eigenvalue weighted by atomic mass is 10.1. The van der Waals surface area contributed by atoms with Gasteiger partial charge in [0.15, 0.2) is 5.84 Å². The molecule has 1 heterocycles. The summed E-state index contributed by atoms with van der Waals surface area (Å²) in [6.07, 6.45) is 4.15. The van der Waals surface area contributed by atoms with Gasteiger partial charge in [-0.05, 0) is 25.3 Å². The van der Waals surface area contributed by atoms with Crippen LogP contribution in [0.15, 0.2) is 23.6 Å². The normalized spacial score (nSPS) is 13.8. The smallest absolute Gasteiger partial charge is 0.173 e. The van der Waals surface area contributed by atoms with Crippen LogP contribution < -0.4 is 10.5 Å². The highest BCUT2D eigenvalue weighted by atomic mass is 16.5. The van der Waals surface area contributed by atoms with Gasteiger partial charge in [0.05, 0.1) is 17.9 Å². The van der Waals surface area contributed by atoms with E-state index in [1.807, 2.05) is 6.92 Å². The number of rotatable bonds is 5. The van der Waals surface area contributed by atoms with E-state index < -0.39 is 0 Å². The molecule has 94 valence electrons. The first-order valence-electron chi connectivity index (χ1n) is 5.63. The van der Waals surface area contributed by atoms with Crippen LogP contribution in [-0.2, 0) is 0 Å². The second-order valence-corrected chi connectivity index (χ2v) is 4.42. The summed E-state index contributed by atoms with van der Waals surface area (Å²) < 4.78 is 5.74. The summed E-state index contributed by atoms with van der Waals surface area (Å²) in [4.78, 5) is 3.98. The van der Waals surface area contributed by atoms with Crippen LogP contribution in [0.2, 0.25) is 0 Å². The number of hydrogen-bond donors (Lipinski definition) is 2. The van der Waals surface area contributed by atoms with E-state index in [-0.39, 0.29) is 11.9 Å². The molecular formula is C12H19N3O2. The van der Waals surface area contributed by atoms with E-state index in [0.29, 0.717) is 17.2 Å². The number of amidine groups is 1. The number of nitrogens with two attached hydrogens (primary N) is 1. The summed E-state index contributed by atoms with van der Waals surface area (Å²) >= 11 is 0. The third-order valence-electron chi connectivity index (χ3n) is 2.30. The molecule has 0 saturated carbocycles. The Kier molecular flexibility index (Phi) is 4.75. The van der Waals surface area contributed by atoms with Crippen molar-refractivity contribution < 1.29 is 9.94 Å². The van der Waals surface area contributed by atoms with Gasteiger partial charge >= 0.3 is 0 Å². The van der Waals surface area contributed by atoms with Crippen molar-refractivity contribution in [3.8, 4) is 5.75 Å². The molecule has 0 radical (unpaired) electrons. The molecule has 0 amide bonds. The summed E-state index contributed by atoms with van der Waals surface area (Å²) in [5, 5.41) is 11.7. The summed E-state index contributed by atoms with van der Waals surface area (Å²) in [6.45, 7) is 6.25. The van der Waals surface area contributed by atoms with Gasteiger partial charge in [-0.3, -0.25) is 4.98 Å². The standard InChI is InChI=1S/C12H19N3O2/c1-8(2)6-9(3)17-11-7-14-5-4-10(11)12(13)15-16/h4-5,7-9,16H,6H2,1-3H3,(H2,13,15). The topological polar surface area (TPSA) is 80.7 Å². The maximum absolute atomic E-state index is 8.68. The lowest BCUT2D eigenvalue weighted by Gasteiger charge is -2.18. The number of oxime groups is 1. The van der Waals surface area contributed by atoms with E-state index in [0.717, 1.165) is 6.42 Å². The number of aromatic nitrogens is 1. The zero-order valence-electron chi connectivity index (χ0n) is 10.4. The molecule has 5 nitrogen and oxygen atoms in total. The highest BCUT2D eigenvalue weighted by Gasteiger charge is 2.12. The number of ether oxygens (including phenoxy) is 1. The van der Waals surface area contributed by atoms with Crippen LogP contribution >= 0.6 is 0 Å². The summed E-state index contributed by atoms with van der Waals surface area (Å²) in [7, 11) is 0. The van der Waals surface area contributed by atoms with E-state index in [9.17, 15) is 0 Å². The number of nitrogens with zero attached hydrogens (tertiary/aromatic N) is 2. The highest BCUT2D eigenvalue weighted by molar-refractivity contribution is 5.99. The minimum atomic E-state index is 0.0270. The first kappa shape index (κ1) is 13.3. The third kappa shape index (κ3) is 3.94. The molecule has 5 heteroatoms. The summed E-state index contributed by atoms with van der Waals surface area (Å²) in [6, 6.07) is 1.66. The van der Waals surface area contributed by atoms with E-state index in [1.54, 1.807) is 18.5 Å². The third-order valence-corrected chi connectivity index (χ3v) is 2.30. The lowest BCUT2D eigenvalue weighted by molar-refractivity contribution is 0.192. The fraction of sp³-hybridized carbons (Fsp3) is 0.500. The highest BCUT2D eigenvalue weighted by Crippen LogP contribution is 2.19. The van der Waals surface area contributed by atoms with Gasteiger partial charge in [0.2, 0.25) is 0 Å². The Balaban J connectivity index is 2.84. The minimum absolute atomic E-state index is 0.0270. The molecule has 0 saturated heterocycles. The van der Waals surface area contributed by atoms with Crippen molar-refractivity contribution in [2.75, 3.05) is 0 Å². The van der Waals surface area contributed by atoms with Crippen LogP contribution in [0.3, 0.4) is 0 Å². The van der Waals surface area contributed by atoms with E-state index in [2.05, 4.69) is 24.0 Å². The SMILES string of the molecule is CC(C)CC(C)Oc1cnccc1/C(N)=N/O. The van der Waals surface area contributed by atoms with Crippen LogP contribution in [0.4, 0.5) is 0 Å². The van der Waals surface area contributed by atoms with Crippen molar-refractivity contribution in [1.29, 1.82) is 0 Å². The molecule has 0 aliphatic carbocycles. The molecule has 0 aliphatic heterocycles. The maximum Gasteiger partial charge on any atom is 0.173 e. The van der Waals surface area contributed by atoms with E-state index >= 15 is 0 Å². The molecule has 0 bridgehead atoms. The zero-order chi connectivity index (χ0) is 12.8. The molecule has 0 fully saturated rings. The van der Waals surface area contributed by atoms with Crippen molar-refractivity contribution >= 4 is 5.84 Å². The zero-order valence-corrected chi connectivity index (χ0v) is 10.4. The molecule has 1 rings (SSSR count).